The summed E-state index contributed by atoms with van der Waals surface area (Å²) in [5.41, 5.74) is 3.16. The lowest BCUT2D eigenvalue weighted by Crippen LogP contribution is -2.55. The molecule has 0 radical (unpaired) electrons. The minimum absolute atomic E-state index is 0.180. The fraction of sp³-hybridized carbons (Fsp3) is 0.389. The molecule has 3 N–H and O–H groups in total. The van der Waals surface area contributed by atoms with E-state index in [-0.39, 0.29) is 11.7 Å². The number of rotatable bonds is 16. The van der Waals surface area contributed by atoms with E-state index in [1.165, 1.54) is 6.92 Å². The molecule has 3 aromatic carbocycles. The summed E-state index contributed by atoms with van der Waals surface area (Å²) in [7, 11) is 0. The maximum absolute atomic E-state index is 13.4. The third kappa shape index (κ3) is 9.29. The van der Waals surface area contributed by atoms with Gasteiger partial charge in [-0.05, 0) is 49.3 Å². The maximum Gasteiger partial charge on any atom is 0.243 e. The lowest BCUT2D eigenvalue weighted by atomic mass is 9.84. The van der Waals surface area contributed by atoms with Crippen LogP contribution < -0.4 is 16.0 Å². The largest absolute Gasteiger partial charge is 0.345 e. The fourth-order valence-electron chi connectivity index (χ4n) is 4.96. The second kappa shape index (κ2) is 16.8. The number of hydrogen-bond donors (Lipinski definition) is 3. The van der Waals surface area contributed by atoms with Gasteiger partial charge in [0.15, 0.2) is 5.78 Å². The molecule has 3 amide bonds. The summed E-state index contributed by atoms with van der Waals surface area (Å²) in [6.45, 7) is 8.92. The number of nitrogens with one attached hydrogen (secondary N) is 3. The summed E-state index contributed by atoms with van der Waals surface area (Å²) in [6, 6.07) is 28.0. The van der Waals surface area contributed by atoms with Gasteiger partial charge in [0.2, 0.25) is 17.7 Å². The monoisotopic (exact) mass is 615 g/mol. The van der Waals surface area contributed by atoms with E-state index in [9.17, 15) is 19.2 Å². The van der Waals surface area contributed by atoms with Crippen molar-refractivity contribution in [3.63, 3.8) is 0 Å². The topological polar surface area (TPSA) is 104 Å². The molecule has 0 aliphatic carbocycles. The Morgan fingerprint density at radius 3 is 1.55 bits per heavy atom. The first kappa shape index (κ1) is 34.6. The number of carbonyl (C=O) groups is 4. The molecule has 0 aromatic heterocycles. The molecule has 0 aliphatic rings. The van der Waals surface area contributed by atoms with E-state index in [2.05, 4.69) is 52.3 Å². The van der Waals surface area contributed by atoms with Crippen molar-refractivity contribution in [3.8, 4) is 0 Å². The first-order chi connectivity index (χ1) is 21.1. The van der Waals surface area contributed by atoms with Crippen LogP contribution in [0.4, 0.5) is 0 Å². The van der Waals surface area contributed by atoms with Crippen LogP contribution in [0.1, 0.15) is 70.6 Å². The van der Waals surface area contributed by atoms with Crippen molar-refractivity contribution in [3.05, 3.63) is 108 Å². The summed E-state index contributed by atoms with van der Waals surface area (Å²) in [4.78, 5) is 51.4. The van der Waals surface area contributed by atoms with Gasteiger partial charge in [-0.2, -0.15) is 0 Å². The van der Waals surface area contributed by atoms with Crippen molar-refractivity contribution >= 4 is 35.3 Å². The fourth-order valence-corrected chi connectivity index (χ4v) is 6.60. The van der Waals surface area contributed by atoms with Gasteiger partial charge in [0.05, 0.1) is 10.8 Å². The molecule has 0 saturated heterocycles. The van der Waals surface area contributed by atoms with E-state index in [1.54, 1.807) is 25.6 Å². The molecule has 234 valence electrons. The average molecular weight is 616 g/mol. The van der Waals surface area contributed by atoms with Gasteiger partial charge in [0.25, 0.3) is 0 Å². The average Bonchev–Trinajstić information content (AvgIpc) is 3.03. The van der Waals surface area contributed by atoms with Gasteiger partial charge in [0.1, 0.15) is 12.1 Å². The van der Waals surface area contributed by atoms with E-state index >= 15 is 0 Å². The van der Waals surface area contributed by atoms with Crippen LogP contribution in [0.3, 0.4) is 0 Å². The second-order valence-corrected chi connectivity index (χ2v) is 12.7. The van der Waals surface area contributed by atoms with E-state index in [4.69, 9.17) is 0 Å². The minimum atomic E-state index is -0.855. The lowest BCUT2D eigenvalue weighted by Gasteiger charge is -2.36. The molecule has 7 nitrogen and oxygen atoms in total. The first-order valence-electron chi connectivity index (χ1n) is 15.3. The van der Waals surface area contributed by atoms with Crippen molar-refractivity contribution in [2.24, 2.45) is 5.92 Å². The van der Waals surface area contributed by atoms with Gasteiger partial charge in [-0.3, -0.25) is 19.2 Å². The Morgan fingerprint density at radius 1 is 0.682 bits per heavy atom. The van der Waals surface area contributed by atoms with Crippen LogP contribution in [0.5, 0.6) is 0 Å². The smallest absolute Gasteiger partial charge is 0.243 e. The van der Waals surface area contributed by atoms with E-state index < -0.39 is 34.7 Å². The predicted octanol–water partition coefficient (Wildman–Crippen LogP) is 5.62. The Kier molecular flexibility index (Phi) is 13.2. The van der Waals surface area contributed by atoms with Crippen LogP contribution in [-0.4, -0.2) is 47.4 Å². The molecule has 0 fully saturated rings. The molecule has 0 bridgehead atoms. The van der Waals surface area contributed by atoms with Gasteiger partial charge in [-0.15, -0.1) is 11.8 Å². The third-order valence-corrected chi connectivity index (χ3v) is 9.22. The van der Waals surface area contributed by atoms with E-state index in [0.29, 0.717) is 24.5 Å². The number of hydrogen-bond acceptors (Lipinski definition) is 5. The van der Waals surface area contributed by atoms with Gasteiger partial charge in [-0.1, -0.05) is 112 Å². The van der Waals surface area contributed by atoms with Crippen molar-refractivity contribution < 1.29 is 19.2 Å². The molecule has 44 heavy (non-hydrogen) atoms. The molecule has 0 aliphatic heterocycles. The van der Waals surface area contributed by atoms with Gasteiger partial charge in [-0.25, -0.2) is 0 Å². The molecule has 3 rings (SSSR count). The zero-order chi connectivity index (χ0) is 32.1. The summed E-state index contributed by atoms with van der Waals surface area (Å²) >= 11 is 1.59. The van der Waals surface area contributed by atoms with Crippen LogP contribution in [-0.2, 0) is 23.9 Å². The summed E-state index contributed by atoms with van der Waals surface area (Å²) in [5, 5.41) is 8.35. The molecule has 0 saturated carbocycles. The Bertz CT molecular complexity index is 1270. The van der Waals surface area contributed by atoms with Crippen LogP contribution in [0.2, 0.25) is 0 Å². The summed E-state index contributed by atoms with van der Waals surface area (Å²) < 4.78 is -0.649. The molecule has 0 spiro atoms. The van der Waals surface area contributed by atoms with Crippen molar-refractivity contribution in [1.29, 1.82) is 0 Å². The van der Waals surface area contributed by atoms with E-state index in [0.717, 1.165) is 23.1 Å². The molecule has 3 atom stereocenters. The standard InChI is InChI=1S/C36H45N3O4S/c1-6-31(38-34(42)26(4)37-33(41)23-22-25(2)3)35(43)39-32(27(5)40)24-44-36(28-16-10-7-11-17-28,29-18-12-8-13-19-29)30-20-14-9-15-21-30/h7-21,25-26,31-32H,6,22-24H2,1-5H3,(H,37,41)(H,38,42)(H,39,43)/t26-,31+,32+/m1/s1. The molecule has 0 heterocycles. The highest BCUT2D eigenvalue weighted by atomic mass is 32.2. The summed E-state index contributed by atoms with van der Waals surface area (Å²) in [6.07, 6.45) is 1.39. The first-order valence-corrected chi connectivity index (χ1v) is 16.3. The highest BCUT2D eigenvalue weighted by Gasteiger charge is 2.38. The predicted molar refractivity (Wildman–Crippen MR) is 178 cm³/mol. The van der Waals surface area contributed by atoms with Gasteiger partial charge in [0, 0.05) is 12.2 Å². The zero-order valence-corrected chi connectivity index (χ0v) is 27.2. The highest BCUT2D eigenvalue weighted by Crippen LogP contribution is 2.48. The Balaban J connectivity index is 1.80. The van der Waals surface area contributed by atoms with Crippen LogP contribution in [0.15, 0.2) is 91.0 Å². The molecular formula is C36H45N3O4S. The van der Waals surface area contributed by atoms with Crippen LogP contribution in [0, 0.1) is 5.92 Å². The maximum atomic E-state index is 13.4. The Morgan fingerprint density at radius 2 is 1.14 bits per heavy atom. The lowest BCUT2D eigenvalue weighted by molar-refractivity contribution is -0.132. The van der Waals surface area contributed by atoms with E-state index in [1.807, 2.05) is 68.4 Å². The number of thioether (sulfide) groups is 1. The third-order valence-electron chi connectivity index (χ3n) is 7.58. The number of ketones is 1. The Labute approximate surface area is 266 Å². The second-order valence-electron chi connectivity index (χ2n) is 11.5. The number of carbonyl (C=O) groups excluding carboxylic acids is 4. The molecule has 3 aromatic rings. The Hall–Kier alpha value is -3.91. The van der Waals surface area contributed by atoms with Crippen molar-refractivity contribution in [2.75, 3.05) is 5.75 Å². The number of amides is 3. The van der Waals surface area contributed by atoms with Gasteiger partial charge < -0.3 is 16.0 Å². The number of Topliss-reactive ketones (excluding diaryl/α,β-unsaturated/α-hetero) is 1. The van der Waals surface area contributed by atoms with Crippen LogP contribution in [0.25, 0.3) is 0 Å². The van der Waals surface area contributed by atoms with Gasteiger partial charge >= 0.3 is 0 Å². The number of benzene rings is 3. The van der Waals surface area contributed by atoms with Crippen molar-refractivity contribution in [2.45, 2.75) is 76.8 Å². The molecule has 0 unspecified atom stereocenters. The normalized spacial score (nSPS) is 13.4. The molecule has 8 heteroatoms. The van der Waals surface area contributed by atoms with Crippen LogP contribution >= 0.6 is 11.8 Å². The SMILES string of the molecule is CC[C@H](NC(=O)[C@@H](C)NC(=O)CCC(C)C)C(=O)N[C@@H](CSC(c1ccccc1)(c1ccccc1)c1ccccc1)C(C)=O. The quantitative estimate of drug-likeness (QED) is 0.182. The highest BCUT2D eigenvalue weighted by molar-refractivity contribution is 8.00. The van der Waals surface area contributed by atoms with Crippen molar-refractivity contribution in [1.82, 2.24) is 16.0 Å². The summed E-state index contributed by atoms with van der Waals surface area (Å²) in [5.74, 6) is -0.595. The zero-order valence-electron chi connectivity index (χ0n) is 26.3. The minimum Gasteiger partial charge on any atom is -0.345 e. The molecular weight excluding hydrogens is 570 g/mol.